The lowest BCUT2D eigenvalue weighted by molar-refractivity contribution is 0.0985. The molecule has 0 fully saturated rings. The number of rotatable bonds is 3. The summed E-state index contributed by atoms with van der Waals surface area (Å²) in [6.07, 6.45) is 0. The van der Waals surface area contributed by atoms with Gasteiger partial charge < -0.3 is 9.84 Å². The molecule has 1 unspecified atom stereocenters. The molecule has 0 bridgehead atoms. The molecule has 0 radical (unpaired) electrons. The van der Waals surface area contributed by atoms with Crippen LogP contribution in [-0.4, -0.2) is 12.2 Å². The van der Waals surface area contributed by atoms with Crippen molar-refractivity contribution in [3.05, 3.63) is 63.9 Å². The number of methoxy groups -OCH3 is 1. The van der Waals surface area contributed by atoms with Crippen LogP contribution in [0.2, 0.25) is 0 Å². The normalized spacial score (nSPS) is 13.9. The summed E-state index contributed by atoms with van der Waals surface area (Å²) in [6, 6.07) is 11.4. The van der Waals surface area contributed by atoms with Crippen LogP contribution in [0.5, 0.6) is 5.75 Å². The van der Waals surface area contributed by atoms with Crippen LogP contribution in [0.15, 0.2) is 46.9 Å². The molecule has 1 atom stereocenters. The zero-order valence-corrected chi connectivity index (χ0v) is 12.2. The molecule has 2 rings (SSSR count). The Kier molecular flexibility index (Phi) is 3.92. The SMILES string of the molecule is COc1ccc(F)cc1C(C)(O)c1cccc(Br)c1. The van der Waals surface area contributed by atoms with E-state index in [4.69, 9.17) is 4.74 Å². The Bertz CT molecular complexity index is 596. The molecule has 0 saturated carbocycles. The van der Waals surface area contributed by atoms with Crippen molar-refractivity contribution in [2.75, 3.05) is 7.11 Å². The number of benzene rings is 2. The first kappa shape index (κ1) is 14.0. The van der Waals surface area contributed by atoms with Gasteiger partial charge in [0, 0.05) is 10.0 Å². The van der Waals surface area contributed by atoms with Crippen LogP contribution in [0.25, 0.3) is 0 Å². The van der Waals surface area contributed by atoms with E-state index in [9.17, 15) is 9.50 Å². The van der Waals surface area contributed by atoms with Gasteiger partial charge in [-0.3, -0.25) is 0 Å². The third-order valence-corrected chi connectivity index (χ3v) is 3.57. The van der Waals surface area contributed by atoms with Gasteiger partial charge in [0.05, 0.1) is 7.11 Å². The predicted octanol–water partition coefficient (Wildman–Crippen LogP) is 3.85. The van der Waals surface area contributed by atoms with E-state index in [1.54, 1.807) is 19.1 Å². The Hall–Kier alpha value is -1.39. The first-order valence-electron chi connectivity index (χ1n) is 5.77. The van der Waals surface area contributed by atoms with Gasteiger partial charge in [-0.1, -0.05) is 28.1 Å². The number of halogens is 2. The summed E-state index contributed by atoms with van der Waals surface area (Å²) in [5, 5.41) is 10.8. The quantitative estimate of drug-likeness (QED) is 0.929. The molecule has 2 aromatic carbocycles. The van der Waals surface area contributed by atoms with Crippen LogP contribution in [0.4, 0.5) is 4.39 Å². The van der Waals surface area contributed by atoms with Crippen molar-refractivity contribution in [1.29, 1.82) is 0 Å². The number of ether oxygens (including phenoxy) is 1. The fraction of sp³-hybridized carbons (Fsp3) is 0.200. The lowest BCUT2D eigenvalue weighted by Crippen LogP contribution is -2.23. The minimum Gasteiger partial charge on any atom is -0.496 e. The maximum absolute atomic E-state index is 13.4. The Morgan fingerprint density at radius 2 is 1.95 bits per heavy atom. The molecule has 19 heavy (non-hydrogen) atoms. The second kappa shape index (κ2) is 5.31. The fourth-order valence-corrected chi connectivity index (χ4v) is 2.41. The van der Waals surface area contributed by atoms with Crippen LogP contribution in [0.1, 0.15) is 18.1 Å². The lowest BCUT2D eigenvalue weighted by atomic mass is 9.87. The average molecular weight is 325 g/mol. The van der Waals surface area contributed by atoms with Crippen molar-refractivity contribution in [3.8, 4) is 5.75 Å². The summed E-state index contributed by atoms with van der Waals surface area (Å²) in [5.41, 5.74) is -0.282. The molecule has 2 nitrogen and oxygen atoms in total. The van der Waals surface area contributed by atoms with Crippen molar-refractivity contribution in [3.63, 3.8) is 0 Å². The number of aliphatic hydroxyl groups is 1. The van der Waals surface area contributed by atoms with Crippen molar-refractivity contribution in [1.82, 2.24) is 0 Å². The molecule has 100 valence electrons. The van der Waals surface area contributed by atoms with Gasteiger partial charge >= 0.3 is 0 Å². The number of hydrogen-bond acceptors (Lipinski definition) is 2. The molecule has 0 spiro atoms. The topological polar surface area (TPSA) is 29.5 Å². The van der Waals surface area contributed by atoms with Crippen molar-refractivity contribution in [2.24, 2.45) is 0 Å². The van der Waals surface area contributed by atoms with Crippen molar-refractivity contribution >= 4 is 15.9 Å². The molecule has 0 aliphatic carbocycles. The molecular weight excluding hydrogens is 311 g/mol. The molecular formula is C15H14BrFO2. The van der Waals surface area contributed by atoms with Crippen LogP contribution in [-0.2, 0) is 5.60 Å². The Labute approximate surface area is 120 Å². The van der Waals surface area contributed by atoms with Gasteiger partial charge in [-0.2, -0.15) is 0 Å². The van der Waals surface area contributed by atoms with E-state index < -0.39 is 11.4 Å². The van der Waals surface area contributed by atoms with Crippen molar-refractivity contribution < 1.29 is 14.2 Å². The molecule has 0 amide bonds. The Morgan fingerprint density at radius 1 is 1.21 bits per heavy atom. The summed E-state index contributed by atoms with van der Waals surface area (Å²) in [6.45, 7) is 1.62. The highest BCUT2D eigenvalue weighted by Gasteiger charge is 2.29. The van der Waals surface area contributed by atoms with Gasteiger partial charge in [-0.25, -0.2) is 4.39 Å². The highest BCUT2D eigenvalue weighted by molar-refractivity contribution is 9.10. The molecule has 0 aliphatic rings. The molecule has 4 heteroatoms. The first-order valence-corrected chi connectivity index (χ1v) is 6.57. The third-order valence-electron chi connectivity index (χ3n) is 3.07. The highest BCUT2D eigenvalue weighted by atomic mass is 79.9. The Morgan fingerprint density at radius 3 is 2.58 bits per heavy atom. The second-order valence-electron chi connectivity index (χ2n) is 4.43. The van der Waals surface area contributed by atoms with E-state index in [1.165, 1.54) is 25.3 Å². The van der Waals surface area contributed by atoms with Gasteiger partial charge in [0.25, 0.3) is 0 Å². The summed E-state index contributed by atoms with van der Waals surface area (Å²) in [5.74, 6) is 0.0393. The van der Waals surface area contributed by atoms with E-state index in [1.807, 2.05) is 12.1 Å². The minimum atomic E-state index is -1.34. The van der Waals surface area contributed by atoms with Crippen LogP contribution < -0.4 is 4.74 Å². The lowest BCUT2D eigenvalue weighted by Gasteiger charge is -2.26. The standard InChI is InChI=1S/C15H14BrFO2/c1-15(18,10-4-3-5-11(16)8-10)13-9-12(17)6-7-14(13)19-2/h3-9,18H,1-2H3. The van der Waals surface area contributed by atoms with E-state index in [0.29, 0.717) is 16.9 Å². The summed E-state index contributed by atoms with van der Waals surface area (Å²) >= 11 is 3.36. The number of hydrogen-bond donors (Lipinski definition) is 1. The summed E-state index contributed by atoms with van der Waals surface area (Å²) < 4.78 is 19.5. The van der Waals surface area contributed by atoms with Gasteiger partial charge in [-0.05, 0) is 42.8 Å². The van der Waals surface area contributed by atoms with Gasteiger partial charge in [0.15, 0.2) is 0 Å². The van der Waals surface area contributed by atoms with E-state index >= 15 is 0 Å². The maximum Gasteiger partial charge on any atom is 0.125 e. The van der Waals surface area contributed by atoms with E-state index in [2.05, 4.69) is 15.9 Å². The summed E-state index contributed by atoms with van der Waals surface area (Å²) in [4.78, 5) is 0. The monoisotopic (exact) mass is 324 g/mol. The molecule has 0 saturated heterocycles. The molecule has 0 aromatic heterocycles. The molecule has 0 heterocycles. The Balaban J connectivity index is 2.58. The average Bonchev–Trinajstić information content (AvgIpc) is 2.38. The maximum atomic E-state index is 13.4. The zero-order chi connectivity index (χ0) is 14.0. The van der Waals surface area contributed by atoms with Gasteiger partial charge in [0.1, 0.15) is 17.2 Å². The van der Waals surface area contributed by atoms with Gasteiger partial charge in [-0.15, -0.1) is 0 Å². The smallest absolute Gasteiger partial charge is 0.125 e. The zero-order valence-electron chi connectivity index (χ0n) is 10.7. The second-order valence-corrected chi connectivity index (χ2v) is 5.34. The van der Waals surface area contributed by atoms with Crippen LogP contribution >= 0.6 is 15.9 Å². The minimum absolute atomic E-state index is 0.396. The molecule has 0 aliphatic heterocycles. The van der Waals surface area contributed by atoms with Crippen LogP contribution in [0, 0.1) is 5.82 Å². The fourth-order valence-electron chi connectivity index (χ4n) is 2.01. The first-order chi connectivity index (χ1) is 8.95. The van der Waals surface area contributed by atoms with E-state index in [-0.39, 0.29) is 0 Å². The highest BCUT2D eigenvalue weighted by Crippen LogP contribution is 2.36. The third kappa shape index (κ3) is 2.80. The van der Waals surface area contributed by atoms with Crippen LogP contribution in [0.3, 0.4) is 0 Å². The van der Waals surface area contributed by atoms with E-state index in [0.717, 1.165) is 4.47 Å². The van der Waals surface area contributed by atoms with Gasteiger partial charge in [0.2, 0.25) is 0 Å². The molecule has 2 aromatic rings. The van der Waals surface area contributed by atoms with Crippen molar-refractivity contribution in [2.45, 2.75) is 12.5 Å². The largest absolute Gasteiger partial charge is 0.496 e. The molecule has 1 N–H and O–H groups in total. The predicted molar refractivity (Wildman–Crippen MR) is 75.8 cm³/mol. The summed E-state index contributed by atoms with van der Waals surface area (Å²) in [7, 11) is 1.49.